The quantitative estimate of drug-likeness (QED) is 0.526. The van der Waals surface area contributed by atoms with Gasteiger partial charge < -0.3 is 10.4 Å². The first-order valence-electron chi connectivity index (χ1n) is 2.88. The Morgan fingerprint density at radius 2 is 2.11 bits per heavy atom. The molecule has 4 heteroatoms. The molecule has 0 saturated carbocycles. The predicted octanol–water partition coefficient (Wildman–Crippen LogP) is -0.168. The summed E-state index contributed by atoms with van der Waals surface area (Å²) in [5.41, 5.74) is 0. The third kappa shape index (κ3) is 1.37. The summed E-state index contributed by atoms with van der Waals surface area (Å²) in [5.74, 6) is -0.856. The number of β-amino-alcohol motifs (C(OH)–C–C–N with tert-alkyl or cyclic N) is 1. The van der Waals surface area contributed by atoms with Crippen molar-refractivity contribution < 1.29 is 13.9 Å². The minimum atomic E-state index is -2.39. The highest BCUT2D eigenvalue weighted by Gasteiger charge is 2.32. The summed E-state index contributed by atoms with van der Waals surface area (Å²) in [7, 11) is 0. The minimum absolute atomic E-state index is 0.235. The molecule has 0 spiro atoms. The fraction of sp³-hybridized carbons (Fsp3) is 1.00. The highest BCUT2D eigenvalue weighted by atomic mass is 19.3. The lowest BCUT2D eigenvalue weighted by molar-refractivity contribution is 0.0203. The summed E-state index contributed by atoms with van der Waals surface area (Å²) in [6.45, 7) is 0.536. The van der Waals surface area contributed by atoms with Crippen molar-refractivity contribution in [3.8, 4) is 0 Å². The van der Waals surface area contributed by atoms with Gasteiger partial charge in [0.2, 0.25) is 6.43 Å². The molecule has 1 aliphatic heterocycles. The normalized spacial score (nSPS) is 36.0. The highest BCUT2D eigenvalue weighted by Crippen LogP contribution is 2.16. The lowest BCUT2D eigenvalue weighted by Gasteiger charge is -2.10. The van der Waals surface area contributed by atoms with Crippen LogP contribution >= 0.6 is 0 Å². The summed E-state index contributed by atoms with van der Waals surface area (Å²) >= 11 is 0. The number of halogens is 2. The molecule has 54 valence electrons. The second-order valence-corrected chi connectivity index (χ2v) is 2.22. The number of nitrogens with one attached hydrogen (secondary N) is 1. The van der Waals surface area contributed by atoms with E-state index in [0.29, 0.717) is 6.54 Å². The van der Waals surface area contributed by atoms with Crippen molar-refractivity contribution >= 4 is 0 Å². The smallest absolute Gasteiger partial charge is 0.245 e. The van der Waals surface area contributed by atoms with E-state index in [0.717, 1.165) is 0 Å². The number of hydrogen-bond acceptors (Lipinski definition) is 2. The van der Waals surface area contributed by atoms with Crippen LogP contribution in [0.4, 0.5) is 8.78 Å². The van der Waals surface area contributed by atoms with Crippen LogP contribution in [0.5, 0.6) is 0 Å². The van der Waals surface area contributed by atoms with Gasteiger partial charge in [-0.25, -0.2) is 8.78 Å². The minimum Gasteiger partial charge on any atom is -0.391 e. The zero-order valence-electron chi connectivity index (χ0n) is 4.85. The SMILES string of the molecule is O[C@@H]1CNCC1C(F)F. The Balaban J connectivity index is 2.40. The first-order chi connectivity index (χ1) is 4.22. The van der Waals surface area contributed by atoms with Crippen molar-refractivity contribution in [2.24, 2.45) is 5.92 Å². The van der Waals surface area contributed by atoms with Gasteiger partial charge in [-0.15, -0.1) is 0 Å². The molecule has 0 amide bonds. The largest absolute Gasteiger partial charge is 0.391 e. The number of hydrogen-bond donors (Lipinski definition) is 2. The molecule has 0 aliphatic carbocycles. The van der Waals surface area contributed by atoms with Gasteiger partial charge in [0.15, 0.2) is 0 Å². The van der Waals surface area contributed by atoms with Crippen LogP contribution in [-0.2, 0) is 0 Å². The molecule has 9 heavy (non-hydrogen) atoms. The number of aliphatic hydroxyl groups is 1. The summed E-state index contributed by atoms with van der Waals surface area (Å²) in [5, 5.41) is 11.5. The van der Waals surface area contributed by atoms with E-state index in [1.807, 2.05) is 0 Å². The third-order valence-electron chi connectivity index (χ3n) is 1.55. The van der Waals surface area contributed by atoms with Gasteiger partial charge in [-0.1, -0.05) is 0 Å². The molecule has 1 saturated heterocycles. The van der Waals surface area contributed by atoms with E-state index in [-0.39, 0.29) is 6.54 Å². The number of rotatable bonds is 1. The van der Waals surface area contributed by atoms with Gasteiger partial charge in [0.1, 0.15) is 0 Å². The lowest BCUT2D eigenvalue weighted by atomic mass is 10.1. The Hall–Kier alpha value is -0.220. The van der Waals surface area contributed by atoms with Crippen LogP contribution in [0, 0.1) is 5.92 Å². The lowest BCUT2D eigenvalue weighted by Crippen LogP contribution is -2.24. The van der Waals surface area contributed by atoms with E-state index in [2.05, 4.69) is 5.32 Å². The summed E-state index contributed by atoms with van der Waals surface area (Å²) in [6, 6.07) is 0. The van der Waals surface area contributed by atoms with Gasteiger partial charge in [-0.05, 0) is 0 Å². The van der Waals surface area contributed by atoms with Crippen LogP contribution in [0.25, 0.3) is 0 Å². The maximum Gasteiger partial charge on any atom is 0.245 e. The number of aliphatic hydroxyl groups excluding tert-OH is 1. The maximum atomic E-state index is 11.8. The molecule has 1 heterocycles. The number of alkyl halides is 2. The second kappa shape index (κ2) is 2.58. The molecule has 2 N–H and O–H groups in total. The van der Waals surface area contributed by atoms with Crippen molar-refractivity contribution in [1.82, 2.24) is 5.32 Å². The summed E-state index contributed by atoms with van der Waals surface area (Å²) in [6.07, 6.45) is -3.25. The summed E-state index contributed by atoms with van der Waals surface area (Å²) < 4.78 is 23.6. The van der Waals surface area contributed by atoms with Crippen LogP contribution in [0.1, 0.15) is 0 Å². The van der Waals surface area contributed by atoms with Gasteiger partial charge in [0.05, 0.1) is 12.0 Å². The summed E-state index contributed by atoms with van der Waals surface area (Å²) in [4.78, 5) is 0. The first kappa shape index (κ1) is 6.89. The third-order valence-corrected chi connectivity index (χ3v) is 1.55. The fourth-order valence-corrected chi connectivity index (χ4v) is 0.942. The van der Waals surface area contributed by atoms with E-state index in [9.17, 15) is 8.78 Å². The molecule has 0 aromatic carbocycles. The monoisotopic (exact) mass is 137 g/mol. The van der Waals surface area contributed by atoms with Crippen molar-refractivity contribution in [3.05, 3.63) is 0 Å². The maximum absolute atomic E-state index is 11.8. The molecule has 0 aromatic rings. The molecule has 2 atom stereocenters. The van der Waals surface area contributed by atoms with Crippen LogP contribution < -0.4 is 5.32 Å². The van der Waals surface area contributed by atoms with Crippen LogP contribution in [0.15, 0.2) is 0 Å². The molecule has 2 nitrogen and oxygen atoms in total. The van der Waals surface area contributed by atoms with Crippen molar-refractivity contribution in [2.45, 2.75) is 12.5 Å². The van der Waals surface area contributed by atoms with E-state index < -0.39 is 18.4 Å². The van der Waals surface area contributed by atoms with Gasteiger partial charge in [0.25, 0.3) is 0 Å². The Morgan fingerprint density at radius 3 is 2.33 bits per heavy atom. The van der Waals surface area contributed by atoms with Gasteiger partial charge in [0, 0.05) is 13.1 Å². The van der Waals surface area contributed by atoms with Crippen molar-refractivity contribution in [2.75, 3.05) is 13.1 Å². The predicted molar refractivity (Wildman–Crippen MR) is 28.4 cm³/mol. The van der Waals surface area contributed by atoms with Gasteiger partial charge in [-0.2, -0.15) is 0 Å². The Bertz CT molecular complexity index is 99.0. The molecular formula is C5H9F2NO. The van der Waals surface area contributed by atoms with Gasteiger partial charge in [-0.3, -0.25) is 0 Å². The molecule has 1 rings (SSSR count). The van der Waals surface area contributed by atoms with Crippen LogP contribution in [0.2, 0.25) is 0 Å². The molecule has 0 aromatic heterocycles. The van der Waals surface area contributed by atoms with E-state index >= 15 is 0 Å². The molecule has 1 fully saturated rings. The Labute approximate surface area is 51.9 Å². The van der Waals surface area contributed by atoms with Crippen LogP contribution in [0.3, 0.4) is 0 Å². The zero-order chi connectivity index (χ0) is 6.85. The zero-order valence-corrected chi connectivity index (χ0v) is 4.85. The average Bonchev–Trinajstić information content (AvgIpc) is 2.13. The Morgan fingerprint density at radius 1 is 1.44 bits per heavy atom. The standard InChI is InChI=1S/C5H9F2NO/c6-5(7)3-1-8-2-4(3)9/h3-5,8-9H,1-2H2/t3?,4-/m1/s1. The van der Waals surface area contributed by atoms with Crippen LogP contribution in [-0.4, -0.2) is 30.7 Å². The molecule has 0 bridgehead atoms. The Kier molecular flexibility index (Phi) is 1.97. The highest BCUT2D eigenvalue weighted by molar-refractivity contribution is 4.81. The average molecular weight is 137 g/mol. The van der Waals surface area contributed by atoms with Crippen molar-refractivity contribution in [1.29, 1.82) is 0 Å². The second-order valence-electron chi connectivity index (χ2n) is 2.22. The van der Waals surface area contributed by atoms with E-state index in [1.54, 1.807) is 0 Å². The van der Waals surface area contributed by atoms with E-state index in [1.165, 1.54) is 0 Å². The fourth-order valence-electron chi connectivity index (χ4n) is 0.942. The molecule has 1 unspecified atom stereocenters. The van der Waals surface area contributed by atoms with Crippen molar-refractivity contribution in [3.63, 3.8) is 0 Å². The molecule has 0 radical (unpaired) electrons. The topological polar surface area (TPSA) is 32.3 Å². The molecule has 1 aliphatic rings. The van der Waals surface area contributed by atoms with Gasteiger partial charge >= 0.3 is 0 Å². The van der Waals surface area contributed by atoms with E-state index in [4.69, 9.17) is 5.11 Å². The first-order valence-corrected chi connectivity index (χ1v) is 2.88. The molecular weight excluding hydrogens is 128 g/mol.